The van der Waals surface area contributed by atoms with E-state index in [-0.39, 0.29) is 17.8 Å². The highest BCUT2D eigenvalue weighted by Gasteiger charge is 2.53. The molecule has 3 amide bonds. The van der Waals surface area contributed by atoms with E-state index in [9.17, 15) is 14.4 Å². The first kappa shape index (κ1) is 16.0. The predicted molar refractivity (Wildman–Crippen MR) is 83.9 cm³/mol. The minimum atomic E-state index is -0.968. The highest BCUT2D eigenvalue weighted by Crippen LogP contribution is 2.38. The smallest absolute Gasteiger partial charge is 0.329 e. The van der Waals surface area contributed by atoms with Gasteiger partial charge in [-0.05, 0) is 43.9 Å². The van der Waals surface area contributed by atoms with E-state index in [0.717, 1.165) is 4.90 Å². The lowest BCUT2D eigenvalue weighted by Crippen LogP contribution is -2.50. The van der Waals surface area contributed by atoms with Gasteiger partial charge in [-0.2, -0.15) is 5.26 Å². The van der Waals surface area contributed by atoms with Crippen molar-refractivity contribution in [3.8, 4) is 6.07 Å². The van der Waals surface area contributed by atoms with Crippen LogP contribution in [0, 0.1) is 17.2 Å². The van der Waals surface area contributed by atoms with E-state index < -0.39 is 11.6 Å². The molecule has 2 fully saturated rings. The zero-order valence-corrected chi connectivity index (χ0v) is 13.2. The molecule has 24 heavy (non-hydrogen) atoms. The van der Waals surface area contributed by atoms with Crippen LogP contribution in [0.5, 0.6) is 0 Å². The number of hydrogen-bond donors (Lipinski definition) is 1. The number of amides is 3. The normalized spacial score (nSPS) is 26.2. The molecule has 0 aromatic heterocycles. The number of nitrogens with one attached hydrogen (secondary N) is 1. The Bertz CT molecular complexity index is 744. The molecule has 2 aliphatic rings. The Morgan fingerprint density at radius 3 is 2.71 bits per heavy atom. The zero-order valence-electron chi connectivity index (χ0n) is 13.2. The van der Waals surface area contributed by atoms with Crippen LogP contribution >= 0.6 is 0 Å². The summed E-state index contributed by atoms with van der Waals surface area (Å²) in [4.78, 5) is 38.0. The largest absolute Gasteiger partial charge is 0.469 e. The number of imide groups is 1. The predicted octanol–water partition coefficient (Wildman–Crippen LogP) is 1.72. The maximum Gasteiger partial charge on any atom is 0.329 e. The highest BCUT2D eigenvalue weighted by atomic mass is 16.5. The fourth-order valence-corrected chi connectivity index (χ4v) is 3.42. The van der Waals surface area contributed by atoms with Gasteiger partial charge in [0.1, 0.15) is 5.54 Å². The molecule has 1 aromatic rings. The van der Waals surface area contributed by atoms with E-state index in [4.69, 9.17) is 10.00 Å². The molecule has 1 spiro atoms. The molecule has 0 radical (unpaired) electrons. The van der Waals surface area contributed by atoms with Crippen LogP contribution in [0.3, 0.4) is 0 Å². The summed E-state index contributed by atoms with van der Waals surface area (Å²) in [6.07, 6.45) is 1.77. The molecule has 7 heteroatoms. The monoisotopic (exact) mass is 327 g/mol. The summed E-state index contributed by atoms with van der Waals surface area (Å²) in [6.45, 7) is 0. The number of ether oxygens (including phenoxy) is 1. The molecule has 0 atom stereocenters. The third kappa shape index (κ3) is 2.50. The van der Waals surface area contributed by atoms with E-state index >= 15 is 0 Å². The van der Waals surface area contributed by atoms with Crippen LogP contribution in [-0.2, 0) is 14.3 Å². The van der Waals surface area contributed by atoms with Crippen molar-refractivity contribution >= 4 is 23.6 Å². The number of nitrogens with zero attached hydrogens (tertiary/aromatic N) is 2. The Labute approximate surface area is 139 Å². The van der Waals surface area contributed by atoms with Crippen molar-refractivity contribution in [1.82, 2.24) is 5.32 Å². The number of hydrogen-bond acceptors (Lipinski definition) is 5. The van der Waals surface area contributed by atoms with Gasteiger partial charge in [0.15, 0.2) is 0 Å². The summed E-state index contributed by atoms with van der Waals surface area (Å²) in [5, 5.41) is 11.8. The number of esters is 1. The number of nitriles is 1. The number of rotatable bonds is 2. The van der Waals surface area contributed by atoms with Gasteiger partial charge in [0.05, 0.1) is 30.3 Å². The molecule has 0 unspecified atom stereocenters. The summed E-state index contributed by atoms with van der Waals surface area (Å²) in [5.41, 5.74) is -0.212. The molecular formula is C17H17N3O4. The molecule has 7 nitrogen and oxygen atoms in total. The Morgan fingerprint density at radius 2 is 2.08 bits per heavy atom. The fourth-order valence-electron chi connectivity index (χ4n) is 3.42. The van der Waals surface area contributed by atoms with Crippen LogP contribution in [0.4, 0.5) is 10.5 Å². The fraction of sp³-hybridized carbons (Fsp3) is 0.412. The molecule has 1 aromatic carbocycles. The molecule has 3 rings (SSSR count). The average molecular weight is 327 g/mol. The summed E-state index contributed by atoms with van der Waals surface area (Å²) in [5.74, 6) is -0.840. The number of anilines is 1. The average Bonchev–Trinajstić information content (AvgIpc) is 2.85. The second-order valence-corrected chi connectivity index (χ2v) is 6.11. The van der Waals surface area contributed by atoms with Crippen LogP contribution in [0.1, 0.15) is 31.2 Å². The van der Waals surface area contributed by atoms with Crippen LogP contribution in [0.2, 0.25) is 0 Å². The lowest BCUT2D eigenvalue weighted by atomic mass is 9.76. The second-order valence-electron chi connectivity index (χ2n) is 6.11. The quantitative estimate of drug-likeness (QED) is 0.658. The number of carbonyl (C=O) groups is 3. The lowest BCUT2D eigenvalue weighted by molar-refractivity contribution is -0.147. The van der Waals surface area contributed by atoms with Crippen molar-refractivity contribution in [3.63, 3.8) is 0 Å². The number of methoxy groups -OCH3 is 1. The highest BCUT2D eigenvalue weighted by molar-refractivity contribution is 6.23. The van der Waals surface area contributed by atoms with Gasteiger partial charge in [0, 0.05) is 0 Å². The van der Waals surface area contributed by atoms with E-state index in [1.807, 2.05) is 6.07 Å². The molecule has 1 saturated carbocycles. The van der Waals surface area contributed by atoms with Crippen molar-refractivity contribution in [1.29, 1.82) is 5.26 Å². The summed E-state index contributed by atoms with van der Waals surface area (Å²) in [7, 11) is 1.35. The third-order valence-electron chi connectivity index (χ3n) is 4.77. The Morgan fingerprint density at radius 1 is 1.38 bits per heavy atom. The molecule has 1 N–H and O–H groups in total. The zero-order chi connectivity index (χ0) is 17.3. The minimum Gasteiger partial charge on any atom is -0.469 e. The molecule has 1 saturated heterocycles. The van der Waals surface area contributed by atoms with Gasteiger partial charge in [-0.15, -0.1) is 0 Å². The van der Waals surface area contributed by atoms with E-state index in [1.54, 1.807) is 18.2 Å². The first-order chi connectivity index (χ1) is 11.5. The van der Waals surface area contributed by atoms with E-state index in [0.29, 0.717) is 36.9 Å². The van der Waals surface area contributed by atoms with Gasteiger partial charge in [-0.1, -0.05) is 6.07 Å². The van der Waals surface area contributed by atoms with Gasteiger partial charge in [-0.25, -0.2) is 9.69 Å². The molecule has 1 aliphatic carbocycles. The van der Waals surface area contributed by atoms with Gasteiger partial charge in [0.2, 0.25) is 0 Å². The number of carbonyl (C=O) groups excluding carboxylic acids is 3. The third-order valence-corrected chi connectivity index (χ3v) is 4.77. The second kappa shape index (κ2) is 5.96. The van der Waals surface area contributed by atoms with Crippen molar-refractivity contribution in [2.45, 2.75) is 31.2 Å². The van der Waals surface area contributed by atoms with Gasteiger partial charge >= 0.3 is 12.0 Å². The Balaban J connectivity index is 1.82. The summed E-state index contributed by atoms with van der Waals surface area (Å²) >= 11 is 0. The topological polar surface area (TPSA) is 99.5 Å². The maximum absolute atomic E-state index is 12.9. The van der Waals surface area contributed by atoms with Crippen molar-refractivity contribution in [3.05, 3.63) is 29.8 Å². The Kier molecular flexibility index (Phi) is 3.97. The number of benzene rings is 1. The van der Waals surface area contributed by atoms with Crippen molar-refractivity contribution in [2.75, 3.05) is 12.0 Å². The van der Waals surface area contributed by atoms with E-state index in [2.05, 4.69) is 5.32 Å². The van der Waals surface area contributed by atoms with Gasteiger partial charge in [0.25, 0.3) is 5.91 Å². The van der Waals surface area contributed by atoms with E-state index in [1.165, 1.54) is 13.2 Å². The number of urea groups is 1. The molecule has 1 heterocycles. The molecule has 0 bridgehead atoms. The standard InChI is InChI=1S/C17H17N3O4/c1-24-14(21)12-5-7-17(8-6-12)15(22)20(16(23)19-17)13-4-2-3-11(9-13)10-18/h2-4,9,12H,5-8H2,1H3,(H,19,23). The maximum atomic E-state index is 12.9. The van der Waals surface area contributed by atoms with Crippen molar-refractivity contribution in [2.24, 2.45) is 5.92 Å². The summed E-state index contributed by atoms with van der Waals surface area (Å²) < 4.78 is 4.75. The van der Waals surface area contributed by atoms with Gasteiger partial charge < -0.3 is 10.1 Å². The molecular weight excluding hydrogens is 310 g/mol. The van der Waals surface area contributed by atoms with Crippen LogP contribution in [-0.4, -0.2) is 30.6 Å². The lowest BCUT2D eigenvalue weighted by Gasteiger charge is -2.33. The van der Waals surface area contributed by atoms with Crippen LogP contribution in [0.15, 0.2) is 24.3 Å². The van der Waals surface area contributed by atoms with Crippen LogP contribution < -0.4 is 10.2 Å². The minimum absolute atomic E-state index is 0.235. The molecule has 1 aliphatic heterocycles. The van der Waals surface area contributed by atoms with Crippen molar-refractivity contribution < 1.29 is 19.1 Å². The molecule has 124 valence electrons. The van der Waals surface area contributed by atoms with Crippen LogP contribution in [0.25, 0.3) is 0 Å². The van der Waals surface area contributed by atoms with Gasteiger partial charge in [-0.3, -0.25) is 9.59 Å². The SMILES string of the molecule is COC(=O)C1CCC2(CC1)NC(=O)N(c1cccc(C#N)c1)C2=O. The Hall–Kier alpha value is -2.88. The first-order valence-corrected chi connectivity index (χ1v) is 7.75. The summed E-state index contributed by atoms with van der Waals surface area (Å²) in [6, 6.07) is 7.88. The first-order valence-electron chi connectivity index (χ1n) is 7.75.